The van der Waals surface area contributed by atoms with E-state index in [1.807, 2.05) is 0 Å². The number of carboxylic acids is 1. The number of anilines is 2. The molecule has 1 heterocycles. The highest BCUT2D eigenvalue weighted by atomic mass is 35.5. The standard InChI is InChI=1S/C11H12ClN3O3/c12-8-2-5(13)1-7(11(17)18)10(8)15-6-3-9(16)14-4-6/h1-2,6,15H,3-4,13H2,(H,14,16)(H,17,18). The molecule has 1 saturated heterocycles. The van der Waals surface area contributed by atoms with Crippen LogP contribution in [-0.4, -0.2) is 29.6 Å². The molecule has 0 aromatic heterocycles. The number of rotatable bonds is 3. The molecule has 1 amide bonds. The molecule has 0 saturated carbocycles. The van der Waals surface area contributed by atoms with Crippen molar-refractivity contribution in [3.63, 3.8) is 0 Å². The van der Waals surface area contributed by atoms with Gasteiger partial charge < -0.3 is 21.5 Å². The fourth-order valence-electron chi connectivity index (χ4n) is 1.85. The third-order valence-corrected chi connectivity index (χ3v) is 2.97. The number of carbonyl (C=O) groups is 2. The molecular weight excluding hydrogens is 258 g/mol. The van der Waals surface area contributed by atoms with Crippen molar-refractivity contribution in [2.45, 2.75) is 12.5 Å². The van der Waals surface area contributed by atoms with Crippen LogP contribution in [0.2, 0.25) is 5.02 Å². The van der Waals surface area contributed by atoms with E-state index in [0.717, 1.165) is 0 Å². The fourth-order valence-corrected chi connectivity index (χ4v) is 2.14. The Labute approximate surface area is 108 Å². The van der Waals surface area contributed by atoms with Gasteiger partial charge in [-0.1, -0.05) is 11.6 Å². The molecule has 0 bridgehead atoms. The molecule has 6 nitrogen and oxygen atoms in total. The third-order valence-electron chi connectivity index (χ3n) is 2.67. The van der Waals surface area contributed by atoms with E-state index in [1.165, 1.54) is 12.1 Å². The zero-order chi connectivity index (χ0) is 13.3. The molecule has 2 rings (SSSR count). The van der Waals surface area contributed by atoms with Crippen LogP contribution in [0.15, 0.2) is 12.1 Å². The molecule has 18 heavy (non-hydrogen) atoms. The van der Waals surface area contributed by atoms with Gasteiger partial charge in [0.1, 0.15) is 0 Å². The van der Waals surface area contributed by atoms with Gasteiger partial charge in [-0.3, -0.25) is 4.79 Å². The number of hydrogen-bond acceptors (Lipinski definition) is 4. The Bertz CT molecular complexity index is 519. The van der Waals surface area contributed by atoms with Crippen LogP contribution in [0.25, 0.3) is 0 Å². The minimum atomic E-state index is -1.12. The summed E-state index contributed by atoms with van der Waals surface area (Å²) in [5.41, 5.74) is 6.13. The Morgan fingerprint density at radius 3 is 2.83 bits per heavy atom. The highest BCUT2D eigenvalue weighted by molar-refractivity contribution is 6.34. The van der Waals surface area contributed by atoms with Gasteiger partial charge in [0.25, 0.3) is 0 Å². The minimum Gasteiger partial charge on any atom is -0.478 e. The normalized spacial score (nSPS) is 18.5. The lowest BCUT2D eigenvalue weighted by Gasteiger charge is -2.16. The largest absolute Gasteiger partial charge is 0.478 e. The molecule has 1 aromatic rings. The van der Waals surface area contributed by atoms with Crippen LogP contribution in [0.3, 0.4) is 0 Å². The number of nitrogens with two attached hydrogens (primary N) is 1. The van der Waals surface area contributed by atoms with Crippen LogP contribution in [-0.2, 0) is 4.79 Å². The van der Waals surface area contributed by atoms with Gasteiger partial charge in [0.05, 0.1) is 22.3 Å². The maximum Gasteiger partial charge on any atom is 0.337 e. The van der Waals surface area contributed by atoms with Gasteiger partial charge in [0.2, 0.25) is 5.91 Å². The number of hydrogen-bond donors (Lipinski definition) is 4. The Morgan fingerprint density at radius 1 is 1.56 bits per heavy atom. The van der Waals surface area contributed by atoms with Crippen LogP contribution < -0.4 is 16.4 Å². The van der Waals surface area contributed by atoms with Crippen LogP contribution in [0, 0.1) is 0 Å². The van der Waals surface area contributed by atoms with Gasteiger partial charge in [-0.25, -0.2) is 4.79 Å². The molecule has 1 aliphatic rings. The van der Waals surface area contributed by atoms with E-state index in [4.69, 9.17) is 22.4 Å². The molecule has 1 atom stereocenters. The number of aromatic carboxylic acids is 1. The van der Waals surface area contributed by atoms with Crippen molar-refractivity contribution in [2.24, 2.45) is 0 Å². The molecule has 7 heteroatoms. The second-order valence-electron chi connectivity index (χ2n) is 4.08. The van der Waals surface area contributed by atoms with Crippen LogP contribution in [0.4, 0.5) is 11.4 Å². The van der Waals surface area contributed by atoms with E-state index in [2.05, 4.69) is 10.6 Å². The molecule has 0 radical (unpaired) electrons. The second kappa shape index (κ2) is 4.73. The summed E-state index contributed by atoms with van der Waals surface area (Å²) in [4.78, 5) is 22.2. The van der Waals surface area contributed by atoms with E-state index >= 15 is 0 Å². The van der Waals surface area contributed by atoms with E-state index in [1.54, 1.807) is 0 Å². The maximum absolute atomic E-state index is 11.1. The summed E-state index contributed by atoms with van der Waals surface area (Å²) in [5.74, 6) is -1.19. The summed E-state index contributed by atoms with van der Waals surface area (Å²) >= 11 is 5.98. The zero-order valence-electron chi connectivity index (χ0n) is 9.37. The zero-order valence-corrected chi connectivity index (χ0v) is 10.1. The second-order valence-corrected chi connectivity index (χ2v) is 4.49. The van der Waals surface area contributed by atoms with Crippen molar-refractivity contribution in [2.75, 3.05) is 17.6 Å². The van der Waals surface area contributed by atoms with Crippen molar-refractivity contribution in [3.8, 4) is 0 Å². The molecule has 1 aliphatic heterocycles. The van der Waals surface area contributed by atoms with E-state index in [0.29, 0.717) is 18.7 Å². The van der Waals surface area contributed by atoms with Gasteiger partial charge in [-0.2, -0.15) is 0 Å². The number of halogens is 1. The van der Waals surface area contributed by atoms with E-state index in [-0.39, 0.29) is 28.2 Å². The van der Waals surface area contributed by atoms with Crippen LogP contribution in [0.5, 0.6) is 0 Å². The number of carboxylic acid groups (broad SMARTS) is 1. The fraction of sp³-hybridized carbons (Fsp3) is 0.273. The monoisotopic (exact) mass is 269 g/mol. The smallest absolute Gasteiger partial charge is 0.337 e. The lowest BCUT2D eigenvalue weighted by molar-refractivity contribution is -0.119. The predicted molar refractivity (Wildman–Crippen MR) is 67.9 cm³/mol. The summed E-state index contributed by atoms with van der Waals surface area (Å²) in [6.07, 6.45) is 0.291. The SMILES string of the molecule is Nc1cc(Cl)c(NC2CNC(=O)C2)c(C(=O)O)c1. The number of carbonyl (C=O) groups excluding carboxylic acids is 1. The van der Waals surface area contributed by atoms with Gasteiger partial charge >= 0.3 is 5.97 Å². The quantitative estimate of drug-likeness (QED) is 0.611. The molecule has 5 N–H and O–H groups in total. The summed E-state index contributed by atoms with van der Waals surface area (Å²) in [6, 6.07) is 2.64. The van der Waals surface area contributed by atoms with Crippen molar-refractivity contribution < 1.29 is 14.7 Å². The lowest BCUT2D eigenvalue weighted by atomic mass is 10.1. The number of benzene rings is 1. The Balaban J connectivity index is 2.31. The minimum absolute atomic E-state index is 0.000603. The molecule has 1 unspecified atom stereocenters. The molecular formula is C11H12ClN3O3. The van der Waals surface area contributed by atoms with E-state index < -0.39 is 5.97 Å². The number of nitrogen functional groups attached to an aromatic ring is 1. The van der Waals surface area contributed by atoms with Crippen LogP contribution >= 0.6 is 11.6 Å². The number of amides is 1. The average Bonchev–Trinajstić information content (AvgIpc) is 2.67. The van der Waals surface area contributed by atoms with Gasteiger partial charge in [-0.15, -0.1) is 0 Å². The first-order chi connectivity index (χ1) is 8.47. The highest BCUT2D eigenvalue weighted by Gasteiger charge is 2.24. The van der Waals surface area contributed by atoms with Crippen molar-refractivity contribution in [3.05, 3.63) is 22.7 Å². The lowest BCUT2D eigenvalue weighted by Crippen LogP contribution is -2.23. The molecule has 1 aromatic carbocycles. The summed E-state index contributed by atoms with van der Waals surface area (Å²) in [5, 5.41) is 14.9. The van der Waals surface area contributed by atoms with E-state index in [9.17, 15) is 9.59 Å². The van der Waals surface area contributed by atoms with Crippen molar-refractivity contribution >= 4 is 34.9 Å². The average molecular weight is 270 g/mol. The Kier molecular flexibility index (Phi) is 3.29. The first kappa shape index (κ1) is 12.5. The maximum atomic E-state index is 11.1. The first-order valence-electron chi connectivity index (χ1n) is 5.33. The highest BCUT2D eigenvalue weighted by Crippen LogP contribution is 2.30. The molecule has 0 aliphatic carbocycles. The molecule has 96 valence electrons. The van der Waals surface area contributed by atoms with Gasteiger partial charge in [-0.05, 0) is 12.1 Å². The third kappa shape index (κ3) is 2.48. The molecule has 0 spiro atoms. The summed E-state index contributed by atoms with van der Waals surface area (Å²) < 4.78 is 0. The van der Waals surface area contributed by atoms with Crippen molar-refractivity contribution in [1.82, 2.24) is 5.32 Å². The van der Waals surface area contributed by atoms with Crippen LogP contribution in [0.1, 0.15) is 16.8 Å². The van der Waals surface area contributed by atoms with Gasteiger partial charge in [0, 0.05) is 18.7 Å². The summed E-state index contributed by atoms with van der Waals surface area (Å²) in [7, 11) is 0. The predicted octanol–water partition coefficient (Wildman–Crippen LogP) is 0.921. The number of nitrogens with one attached hydrogen (secondary N) is 2. The molecule has 1 fully saturated rings. The first-order valence-corrected chi connectivity index (χ1v) is 5.70. The Hall–Kier alpha value is -1.95. The summed E-state index contributed by atoms with van der Waals surface area (Å²) in [6.45, 7) is 0.443. The topological polar surface area (TPSA) is 104 Å². The Morgan fingerprint density at radius 2 is 2.28 bits per heavy atom. The van der Waals surface area contributed by atoms with Crippen molar-refractivity contribution in [1.29, 1.82) is 0 Å². The van der Waals surface area contributed by atoms with Gasteiger partial charge in [0.15, 0.2) is 0 Å².